The number of esters is 1. The molecule has 2 aromatic rings. The fraction of sp³-hybridized carbons (Fsp3) is 0.510. The summed E-state index contributed by atoms with van der Waals surface area (Å²) in [6, 6.07) is 2.43. The van der Waals surface area contributed by atoms with Gasteiger partial charge in [0.05, 0.1) is 30.3 Å². The highest BCUT2D eigenvalue weighted by Gasteiger charge is 2.37. The molecule has 0 aliphatic carbocycles. The van der Waals surface area contributed by atoms with Crippen molar-refractivity contribution < 1.29 is 82.7 Å². The Labute approximate surface area is 437 Å². The summed E-state index contributed by atoms with van der Waals surface area (Å²) in [6.07, 6.45) is -4.64. The third-order valence-electron chi connectivity index (χ3n) is 10.9. The van der Waals surface area contributed by atoms with E-state index in [1.165, 1.54) is 32.9 Å². The number of amides is 8. The molecule has 2 rings (SSSR count). The van der Waals surface area contributed by atoms with Crippen molar-refractivity contribution in [3.63, 3.8) is 0 Å². The summed E-state index contributed by atoms with van der Waals surface area (Å²) in [5.41, 5.74) is 1.13. The molecule has 0 aliphatic heterocycles. The minimum absolute atomic E-state index is 0.170. The number of benzene rings is 2. The molecular formula is C49H68N10O17. The molecule has 416 valence electrons. The highest BCUT2D eigenvalue weighted by atomic mass is 16.5. The predicted octanol–water partition coefficient (Wildman–Crippen LogP) is 0.233. The van der Waals surface area contributed by atoms with E-state index in [1.54, 1.807) is 45.0 Å². The number of carbonyl (C=O) groups excluding carboxylic acids is 9. The number of rotatable bonds is 31. The summed E-state index contributed by atoms with van der Waals surface area (Å²) in [7, 11) is 0. The van der Waals surface area contributed by atoms with Crippen LogP contribution in [-0.4, -0.2) is 146 Å². The van der Waals surface area contributed by atoms with Gasteiger partial charge in [0.2, 0.25) is 47.3 Å². The lowest BCUT2D eigenvalue weighted by Crippen LogP contribution is -2.62. The highest BCUT2D eigenvalue weighted by Crippen LogP contribution is 2.22. The molecule has 0 aromatic heterocycles. The van der Waals surface area contributed by atoms with Gasteiger partial charge in [0, 0.05) is 13.3 Å². The monoisotopic (exact) mass is 1070 g/mol. The van der Waals surface area contributed by atoms with E-state index >= 15 is 0 Å². The summed E-state index contributed by atoms with van der Waals surface area (Å²) >= 11 is 0. The summed E-state index contributed by atoms with van der Waals surface area (Å²) in [4.78, 5) is 154. The van der Waals surface area contributed by atoms with Crippen LogP contribution >= 0.6 is 0 Å². The van der Waals surface area contributed by atoms with Crippen LogP contribution in [0.25, 0.3) is 0 Å². The van der Waals surface area contributed by atoms with Crippen LogP contribution in [0.1, 0.15) is 93.9 Å². The Bertz CT molecular complexity index is 2400. The first-order valence-corrected chi connectivity index (χ1v) is 24.1. The topological polar surface area (TPSA) is 416 Å². The number of hydrogen-bond donors (Lipinski definition) is 12. The number of aliphatic hydroxyl groups is 1. The molecule has 12 N–H and O–H groups in total. The fourth-order valence-corrected chi connectivity index (χ4v) is 6.89. The molecule has 2 aromatic carbocycles. The van der Waals surface area contributed by atoms with Crippen LogP contribution in [-0.2, 0) is 57.5 Å². The molecule has 0 saturated carbocycles. The zero-order valence-electron chi connectivity index (χ0n) is 43.3. The summed E-state index contributed by atoms with van der Waals surface area (Å²) < 4.78 is 5.52. The molecule has 0 radical (unpaired) electrons. The SMILES string of the molecule is CCC[C@H](NC(=O)[C@H](C)NC(=O)[C@@H](NC(=O)[C@@H](NC(=O)[C@H](CC(=O)O)NC(=O)[C@H](CCC(=O)O)NC(=O)[C@@H](NC(=O)[C@H](CC(=O)O)NC(C)=O)[C@@H](C)O)C(C)C)C(C)C)C(=O)Oc1ccc(N=Nc2ccccc2)cc1. The Morgan fingerprint density at radius 3 is 1.39 bits per heavy atom. The number of ether oxygens (including phenoxy) is 1. The van der Waals surface area contributed by atoms with Gasteiger partial charge >= 0.3 is 23.9 Å². The van der Waals surface area contributed by atoms with Crippen molar-refractivity contribution >= 4 is 82.5 Å². The van der Waals surface area contributed by atoms with Crippen molar-refractivity contribution in [3.05, 3.63) is 54.6 Å². The highest BCUT2D eigenvalue weighted by molar-refractivity contribution is 5.99. The first-order valence-electron chi connectivity index (χ1n) is 24.1. The van der Waals surface area contributed by atoms with E-state index in [1.807, 2.05) is 18.2 Å². The molecule has 0 bridgehead atoms. The van der Waals surface area contributed by atoms with E-state index in [0.717, 1.165) is 13.8 Å². The second-order valence-electron chi connectivity index (χ2n) is 18.2. The number of aliphatic carboxylic acids is 3. The Kier molecular flexibility index (Phi) is 26.3. The first-order chi connectivity index (χ1) is 35.6. The lowest BCUT2D eigenvalue weighted by atomic mass is 9.99. The van der Waals surface area contributed by atoms with Gasteiger partial charge in [0.1, 0.15) is 54.1 Å². The first kappa shape index (κ1) is 63.8. The van der Waals surface area contributed by atoms with Crippen molar-refractivity contribution in [2.45, 2.75) is 148 Å². The van der Waals surface area contributed by atoms with Crippen molar-refractivity contribution in [3.8, 4) is 5.75 Å². The van der Waals surface area contributed by atoms with Gasteiger partial charge in [-0.15, -0.1) is 0 Å². The number of nitrogens with one attached hydrogen (secondary N) is 8. The standard InChI is InChI=1S/C49H68N10O17/c1-9-13-33(49(75)76-31-18-16-30(17-19-31)59-58-29-14-11-10-12-15-29)53-42(68)26(6)50-46(72)39(24(2)3)56-47(73)40(25(4)5)55-45(71)35(23-38(66)67)54-43(69)32(20-21-36(62)63)52-48(74)41(27(7)60)57-44(70)34(22-37(64)65)51-28(8)61/h10-12,14-19,24-27,32-35,39-41,60H,9,13,20-23H2,1-8H3,(H,50,72)(H,51,61)(H,52,74)(H,53,68)(H,54,69)(H,55,71)(H,56,73)(H,57,70)(H,62,63)(H,64,65)(H,66,67)/t26-,27+,32-,33-,34-,35-,39-,40-,41-/m0/s1. The molecule has 0 fully saturated rings. The molecule has 0 aliphatic rings. The minimum Gasteiger partial charge on any atom is -0.481 e. The predicted molar refractivity (Wildman–Crippen MR) is 267 cm³/mol. The van der Waals surface area contributed by atoms with Crippen molar-refractivity contribution in [1.82, 2.24) is 42.5 Å². The smallest absolute Gasteiger partial charge is 0.334 e. The second-order valence-corrected chi connectivity index (χ2v) is 18.2. The molecule has 27 nitrogen and oxygen atoms in total. The Hall–Kier alpha value is -8.36. The van der Waals surface area contributed by atoms with E-state index in [2.05, 4.69) is 52.8 Å². The zero-order chi connectivity index (χ0) is 57.4. The number of carbonyl (C=O) groups is 12. The Balaban J connectivity index is 2.21. The van der Waals surface area contributed by atoms with Gasteiger partial charge in [-0.3, -0.25) is 52.7 Å². The van der Waals surface area contributed by atoms with Gasteiger partial charge in [0.25, 0.3) is 0 Å². The average Bonchev–Trinajstić information content (AvgIpc) is 3.33. The number of aliphatic hydroxyl groups excluding tert-OH is 1. The normalized spacial score (nSPS) is 14.7. The quantitative estimate of drug-likeness (QED) is 0.0273. The van der Waals surface area contributed by atoms with Crippen LogP contribution in [0.4, 0.5) is 11.4 Å². The molecule has 8 amide bonds. The maximum Gasteiger partial charge on any atom is 0.334 e. The van der Waals surface area contributed by atoms with E-state index in [4.69, 9.17) is 4.74 Å². The lowest BCUT2D eigenvalue weighted by Gasteiger charge is -2.29. The van der Waals surface area contributed by atoms with Gasteiger partial charge < -0.3 is 67.7 Å². The van der Waals surface area contributed by atoms with E-state index in [0.29, 0.717) is 17.8 Å². The maximum absolute atomic E-state index is 13.8. The third-order valence-corrected chi connectivity index (χ3v) is 10.9. The van der Waals surface area contributed by atoms with E-state index in [9.17, 15) is 78.0 Å². The number of hydrogen-bond acceptors (Lipinski definition) is 16. The molecule has 0 spiro atoms. The zero-order valence-corrected chi connectivity index (χ0v) is 43.3. The fourth-order valence-electron chi connectivity index (χ4n) is 6.89. The van der Waals surface area contributed by atoms with Crippen LogP contribution in [0.2, 0.25) is 0 Å². The molecule has 9 atom stereocenters. The van der Waals surface area contributed by atoms with Gasteiger partial charge in [-0.2, -0.15) is 10.2 Å². The number of azo groups is 1. The Morgan fingerprint density at radius 1 is 0.487 bits per heavy atom. The van der Waals surface area contributed by atoms with E-state index in [-0.39, 0.29) is 12.2 Å². The minimum atomic E-state index is -2.00. The Morgan fingerprint density at radius 2 is 0.921 bits per heavy atom. The summed E-state index contributed by atoms with van der Waals surface area (Å²) in [5, 5.41) is 65.3. The van der Waals surface area contributed by atoms with Gasteiger partial charge in [-0.1, -0.05) is 59.2 Å². The number of nitrogens with zero attached hydrogens (tertiary/aromatic N) is 2. The van der Waals surface area contributed by atoms with Crippen molar-refractivity contribution in [1.29, 1.82) is 0 Å². The van der Waals surface area contributed by atoms with Crippen LogP contribution in [0.5, 0.6) is 5.75 Å². The van der Waals surface area contributed by atoms with Gasteiger partial charge in [0.15, 0.2) is 0 Å². The van der Waals surface area contributed by atoms with Crippen LogP contribution in [0.15, 0.2) is 64.8 Å². The molecular weight excluding hydrogens is 1000 g/mol. The molecule has 27 heteroatoms. The third kappa shape index (κ3) is 22.4. The maximum atomic E-state index is 13.8. The molecule has 76 heavy (non-hydrogen) atoms. The van der Waals surface area contributed by atoms with Crippen LogP contribution in [0, 0.1) is 11.8 Å². The largest absolute Gasteiger partial charge is 0.481 e. The van der Waals surface area contributed by atoms with Crippen LogP contribution in [0.3, 0.4) is 0 Å². The number of carboxylic acid groups (broad SMARTS) is 3. The second kappa shape index (κ2) is 31.4. The summed E-state index contributed by atoms with van der Waals surface area (Å²) in [6.45, 7) is 11.3. The van der Waals surface area contributed by atoms with Crippen LogP contribution < -0.4 is 47.3 Å². The van der Waals surface area contributed by atoms with Gasteiger partial charge in [-0.05, 0) is 74.9 Å². The molecule has 0 saturated heterocycles. The lowest BCUT2D eigenvalue weighted by molar-refractivity contribution is -0.143. The van der Waals surface area contributed by atoms with Gasteiger partial charge in [-0.25, -0.2) is 4.79 Å². The van der Waals surface area contributed by atoms with E-state index < -0.39 is 163 Å². The van der Waals surface area contributed by atoms with Crippen molar-refractivity contribution in [2.75, 3.05) is 0 Å². The van der Waals surface area contributed by atoms with Crippen molar-refractivity contribution in [2.24, 2.45) is 22.1 Å². The average molecular weight is 1070 g/mol. The molecule has 0 heterocycles. The summed E-state index contributed by atoms with van der Waals surface area (Å²) in [5.74, 6) is -15.1. The molecule has 0 unspecified atom stereocenters. The number of carboxylic acids is 3.